The van der Waals surface area contributed by atoms with Gasteiger partial charge in [0, 0.05) is 17.9 Å². The van der Waals surface area contributed by atoms with Gasteiger partial charge in [-0.2, -0.15) is 0 Å². The van der Waals surface area contributed by atoms with Crippen molar-refractivity contribution in [3.8, 4) is 0 Å². The number of hydrogen-bond donors (Lipinski definition) is 0. The second-order valence-electron chi connectivity index (χ2n) is 13.1. The molecule has 0 saturated heterocycles. The molecular weight excluding hydrogens is 524 g/mol. The summed E-state index contributed by atoms with van der Waals surface area (Å²) in [5, 5.41) is 0.148. The van der Waals surface area contributed by atoms with E-state index >= 15 is 0 Å². The van der Waals surface area contributed by atoms with Crippen LogP contribution in [0.4, 0.5) is 0 Å². The molecule has 5 heteroatoms. The van der Waals surface area contributed by atoms with E-state index in [1.54, 1.807) is 6.08 Å². The maximum absolute atomic E-state index is 12.6. The Balaban J connectivity index is 2.42. The number of ether oxygens (including phenoxy) is 1. The summed E-state index contributed by atoms with van der Waals surface area (Å²) in [5.74, 6) is 0.159. The van der Waals surface area contributed by atoms with Crippen LogP contribution >= 0.6 is 0 Å². The predicted octanol–water partition coefficient (Wildman–Crippen LogP) is 10.6. The van der Waals surface area contributed by atoms with Crippen LogP contribution in [0.3, 0.4) is 0 Å². The van der Waals surface area contributed by atoms with Gasteiger partial charge in [-0.15, -0.1) is 0 Å². The minimum atomic E-state index is -1.91. The molecule has 0 aromatic heterocycles. The lowest BCUT2D eigenvalue weighted by atomic mass is 9.96. The zero-order chi connectivity index (χ0) is 30.6. The molecule has 41 heavy (non-hydrogen) atoms. The molecule has 2 atom stereocenters. The number of esters is 1. The Hall–Kier alpha value is -1.72. The van der Waals surface area contributed by atoms with E-state index in [9.17, 15) is 9.59 Å². The molecule has 0 fully saturated rings. The van der Waals surface area contributed by atoms with Crippen LogP contribution in [0.2, 0.25) is 18.1 Å². The van der Waals surface area contributed by atoms with E-state index in [0.29, 0.717) is 13.0 Å². The normalized spacial score (nSPS) is 17.9. The van der Waals surface area contributed by atoms with Gasteiger partial charge in [0.1, 0.15) is 0 Å². The minimum Gasteiger partial charge on any atom is -0.466 e. The number of carbonyl (C=O) groups excluding carboxylic acids is 2. The van der Waals surface area contributed by atoms with Crippen LogP contribution in [-0.2, 0) is 18.8 Å². The second kappa shape index (κ2) is 21.0. The molecule has 0 saturated carbocycles. The Morgan fingerprint density at radius 1 is 0.927 bits per heavy atom. The van der Waals surface area contributed by atoms with Crippen molar-refractivity contribution < 1.29 is 18.8 Å². The van der Waals surface area contributed by atoms with Crippen molar-refractivity contribution in [3.63, 3.8) is 0 Å². The van der Waals surface area contributed by atoms with Crippen molar-refractivity contribution in [2.75, 3.05) is 6.61 Å². The average molecular weight is 587 g/mol. The zero-order valence-corrected chi connectivity index (χ0v) is 28.6. The molecule has 1 rings (SSSR count). The van der Waals surface area contributed by atoms with E-state index in [0.717, 1.165) is 56.9 Å². The van der Waals surface area contributed by atoms with E-state index < -0.39 is 8.32 Å². The largest absolute Gasteiger partial charge is 0.466 e. The molecule has 1 aliphatic rings. The third kappa shape index (κ3) is 16.5. The summed E-state index contributed by atoms with van der Waals surface area (Å²) < 4.78 is 12.1. The SMILES string of the molecule is CC/C=C\C[C@@H](C/C=C1/C(=O)C=C[C@@H]1C/C=C\CCCC(=O)OCCCCCCCCCC)O[Si](C)(C)C(C)(C)C. The Kier molecular flexibility index (Phi) is 19.1. The molecule has 0 aliphatic heterocycles. The number of allylic oxidation sites excluding steroid dienone is 6. The average Bonchev–Trinajstić information content (AvgIpc) is 3.26. The van der Waals surface area contributed by atoms with Gasteiger partial charge in [-0.3, -0.25) is 9.59 Å². The number of unbranched alkanes of at least 4 members (excludes halogenated alkanes) is 8. The van der Waals surface area contributed by atoms with Crippen molar-refractivity contribution in [2.45, 2.75) is 155 Å². The van der Waals surface area contributed by atoms with Crippen LogP contribution in [-0.4, -0.2) is 32.8 Å². The molecule has 0 aromatic rings. The highest BCUT2D eigenvalue weighted by Gasteiger charge is 2.38. The molecule has 0 radical (unpaired) electrons. The Morgan fingerprint density at radius 2 is 1.61 bits per heavy atom. The molecule has 0 aromatic carbocycles. The van der Waals surface area contributed by atoms with E-state index in [4.69, 9.17) is 9.16 Å². The van der Waals surface area contributed by atoms with Crippen LogP contribution < -0.4 is 0 Å². The van der Waals surface area contributed by atoms with Gasteiger partial charge in [0.05, 0.1) is 12.7 Å². The first-order valence-corrected chi connectivity index (χ1v) is 19.5. The van der Waals surface area contributed by atoms with Crippen molar-refractivity contribution in [2.24, 2.45) is 5.92 Å². The number of hydrogen-bond acceptors (Lipinski definition) is 4. The van der Waals surface area contributed by atoms with Crippen molar-refractivity contribution in [1.29, 1.82) is 0 Å². The fraction of sp³-hybridized carbons (Fsp3) is 0.722. The lowest BCUT2D eigenvalue weighted by molar-refractivity contribution is -0.143. The first-order chi connectivity index (χ1) is 19.5. The van der Waals surface area contributed by atoms with Gasteiger partial charge >= 0.3 is 5.97 Å². The van der Waals surface area contributed by atoms with Crippen LogP contribution in [0, 0.1) is 5.92 Å². The van der Waals surface area contributed by atoms with Gasteiger partial charge in [0.15, 0.2) is 14.1 Å². The Morgan fingerprint density at radius 3 is 2.27 bits per heavy atom. The summed E-state index contributed by atoms with van der Waals surface area (Å²) in [6.07, 6.45) is 30.2. The fourth-order valence-electron chi connectivity index (χ4n) is 4.72. The third-order valence-electron chi connectivity index (χ3n) is 8.40. The van der Waals surface area contributed by atoms with Gasteiger partial charge in [-0.05, 0) is 69.2 Å². The molecule has 0 bridgehead atoms. The van der Waals surface area contributed by atoms with E-state index in [-0.39, 0.29) is 28.8 Å². The van der Waals surface area contributed by atoms with Gasteiger partial charge in [0.25, 0.3) is 0 Å². The first kappa shape index (κ1) is 37.3. The van der Waals surface area contributed by atoms with Gasteiger partial charge in [0.2, 0.25) is 0 Å². The standard InChI is InChI=1S/C36H62O4Si/c1-8-10-12-13-14-15-18-22-30-39-35(38)25-21-17-16-20-23-31-26-29-34(37)33(31)28-27-32(24-19-11-9-2)40-41(6,7)36(3,4)5/h11,16,19-20,26,28-29,31-32H,8-10,12-15,17-18,21-25,27,30H2,1-7H3/b19-11-,20-16-,33-28+/t31-,32-/m0/s1. The third-order valence-corrected chi connectivity index (χ3v) is 12.9. The quantitative estimate of drug-likeness (QED) is 0.0416. The van der Waals surface area contributed by atoms with Crippen LogP contribution in [0.25, 0.3) is 0 Å². The highest BCUT2D eigenvalue weighted by atomic mass is 28.4. The van der Waals surface area contributed by atoms with Crippen molar-refractivity contribution >= 4 is 20.1 Å². The Labute approximate surface area is 254 Å². The van der Waals surface area contributed by atoms with Gasteiger partial charge in [-0.25, -0.2) is 0 Å². The Bertz CT molecular complexity index is 859. The molecule has 0 unspecified atom stereocenters. The first-order valence-electron chi connectivity index (χ1n) is 16.6. The number of carbonyl (C=O) groups is 2. The zero-order valence-electron chi connectivity index (χ0n) is 27.6. The molecule has 1 aliphatic carbocycles. The lowest BCUT2D eigenvalue weighted by Crippen LogP contribution is -2.43. The molecule has 4 nitrogen and oxygen atoms in total. The second-order valence-corrected chi connectivity index (χ2v) is 17.9. The predicted molar refractivity (Wildman–Crippen MR) is 178 cm³/mol. The summed E-state index contributed by atoms with van der Waals surface area (Å²) >= 11 is 0. The molecular formula is C36H62O4Si. The number of ketones is 1. The van der Waals surface area contributed by atoms with Crippen LogP contribution in [0.15, 0.2) is 48.1 Å². The summed E-state index contributed by atoms with van der Waals surface area (Å²) in [5.41, 5.74) is 0.891. The summed E-state index contributed by atoms with van der Waals surface area (Å²) in [7, 11) is -1.91. The molecule has 0 spiro atoms. The number of rotatable bonds is 22. The van der Waals surface area contributed by atoms with E-state index in [2.05, 4.69) is 78.1 Å². The summed E-state index contributed by atoms with van der Waals surface area (Å²) in [6, 6.07) is 0. The van der Waals surface area contributed by atoms with E-state index in [1.807, 2.05) is 6.08 Å². The molecule has 0 N–H and O–H groups in total. The molecule has 234 valence electrons. The fourth-order valence-corrected chi connectivity index (χ4v) is 6.10. The molecule has 0 amide bonds. The summed E-state index contributed by atoms with van der Waals surface area (Å²) in [6.45, 7) is 16.3. The van der Waals surface area contributed by atoms with Crippen LogP contribution in [0.1, 0.15) is 131 Å². The van der Waals surface area contributed by atoms with Crippen molar-refractivity contribution in [3.05, 3.63) is 48.1 Å². The maximum Gasteiger partial charge on any atom is 0.305 e. The topological polar surface area (TPSA) is 52.6 Å². The monoisotopic (exact) mass is 586 g/mol. The van der Waals surface area contributed by atoms with Crippen LogP contribution in [0.5, 0.6) is 0 Å². The van der Waals surface area contributed by atoms with Gasteiger partial charge in [-0.1, -0.05) is 116 Å². The summed E-state index contributed by atoms with van der Waals surface area (Å²) in [4.78, 5) is 24.6. The highest BCUT2D eigenvalue weighted by molar-refractivity contribution is 6.74. The van der Waals surface area contributed by atoms with E-state index in [1.165, 1.54) is 38.5 Å². The minimum absolute atomic E-state index is 0.0841. The smallest absolute Gasteiger partial charge is 0.305 e. The van der Waals surface area contributed by atoms with Crippen molar-refractivity contribution in [1.82, 2.24) is 0 Å². The highest BCUT2D eigenvalue weighted by Crippen LogP contribution is 2.38. The lowest BCUT2D eigenvalue weighted by Gasteiger charge is -2.39. The molecule has 0 heterocycles. The van der Waals surface area contributed by atoms with Gasteiger partial charge < -0.3 is 9.16 Å². The maximum atomic E-state index is 12.6.